The SMILES string of the molecule is C[C@@H](C(=O)NCc1nc(-c2cccs2)no1)N(c1ccccc1F)S(C)(=O)=O. The Morgan fingerprint density at radius 1 is 1.32 bits per heavy atom. The molecule has 0 bridgehead atoms. The fraction of sp³-hybridized carbons (Fsp3) is 0.235. The predicted molar refractivity (Wildman–Crippen MR) is 103 cm³/mol. The number of benzene rings is 1. The molecule has 0 aliphatic heterocycles. The average molecular weight is 424 g/mol. The van der Waals surface area contributed by atoms with Crippen LogP contribution in [0.1, 0.15) is 12.8 Å². The summed E-state index contributed by atoms with van der Waals surface area (Å²) in [7, 11) is -3.91. The molecule has 28 heavy (non-hydrogen) atoms. The first-order valence-electron chi connectivity index (χ1n) is 8.15. The van der Waals surface area contributed by atoms with Crippen molar-refractivity contribution in [3.05, 3.63) is 53.5 Å². The predicted octanol–water partition coefficient (Wildman–Crippen LogP) is 2.41. The zero-order chi connectivity index (χ0) is 20.3. The number of sulfonamides is 1. The summed E-state index contributed by atoms with van der Waals surface area (Å²) in [6.45, 7) is 1.28. The van der Waals surface area contributed by atoms with Crippen molar-refractivity contribution in [2.45, 2.75) is 19.5 Å². The van der Waals surface area contributed by atoms with Gasteiger partial charge in [0.05, 0.1) is 23.4 Å². The molecule has 2 heterocycles. The first-order valence-corrected chi connectivity index (χ1v) is 10.9. The molecular formula is C17H17FN4O4S2. The van der Waals surface area contributed by atoms with Gasteiger partial charge in [-0.05, 0) is 30.5 Å². The fourth-order valence-electron chi connectivity index (χ4n) is 2.55. The minimum absolute atomic E-state index is 0.0869. The van der Waals surface area contributed by atoms with Crippen LogP contribution < -0.4 is 9.62 Å². The molecule has 1 amide bonds. The van der Waals surface area contributed by atoms with Gasteiger partial charge in [-0.1, -0.05) is 23.4 Å². The van der Waals surface area contributed by atoms with Crippen LogP contribution in [0.4, 0.5) is 10.1 Å². The van der Waals surface area contributed by atoms with Gasteiger partial charge in [0.15, 0.2) is 0 Å². The Morgan fingerprint density at radius 3 is 2.71 bits per heavy atom. The maximum atomic E-state index is 14.1. The van der Waals surface area contributed by atoms with E-state index in [2.05, 4.69) is 15.5 Å². The van der Waals surface area contributed by atoms with Crippen LogP contribution in [0.2, 0.25) is 0 Å². The first-order chi connectivity index (χ1) is 13.3. The van der Waals surface area contributed by atoms with E-state index < -0.39 is 27.8 Å². The third kappa shape index (κ3) is 4.37. The molecule has 11 heteroatoms. The molecule has 0 aliphatic rings. The molecule has 0 saturated heterocycles. The zero-order valence-corrected chi connectivity index (χ0v) is 16.6. The third-order valence-electron chi connectivity index (χ3n) is 3.80. The fourth-order valence-corrected chi connectivity index (χ4v) is 4.38. The highest BCUT2D eigenvalue weighted by Gasteiger charge is 2.31. The Kier molecular flexibility index (Phi) is 5.75. The topological polar surface area (TPSA) is 105 Å². The van der Waals surface area contributed by atoms with Crippen molar-refractivity contribution >= 4 is 33.0 Å². The smallest absolute Gasteiger partial charge is 0.246 e. The summed E-state index contributed by atoms with van der Waals surface area (Å²) in [5.74, 6) is -0.813. The number of amides is 1. The summed E-state index contributed by atoms with van der Waals surface area (Å²) in [6.07, 6.45) is 0.911. The maximum Gasteiger partial charge on any atom is 0.246 e. The van der Waals surface area contributed by atoms with Gasteiger partial charge in [-0.25, -0.2) is 12.8 Å². The minimum Gasteiger partial charge on any atom is -0.345 e. The van der Waals surface area contributed by atoms with Crippen molar-refractivity contribution in [3.63, 3.8) is 0 Å². The highest BCUT2D eigenvalue weighted by atomic mass is 32.2. The number of rotatable bonds is 7. The van der Waals surface area contributed by atoms with Crippen LogP contribution in [0.25, 0.3) is 10.7 Å². The number of anilines is 1. The number of carbonyl (C=O) groups excluding carboxylic acids is 1. The van der Waals surface area contributed by atoms with Crippen LogP contribution in [0.5, 0.6) is 0 Å². The summed E-state index contributed by atoms with van der Waals surface area (Å²) >= 11 is 1.44. The molecule has 2 aromatic heterocycles. The maximum absolute atomic E-state index is 14.1. The second kappa shape index (κ2) is 8.07. The monoisotopic (exact) mass is 424 g/mol. The number of carbonyl (C=O) groups is 1. The Hall–Kier alpha value is -2.79. The number of nitrogens with zero attached hydrogens (tertiary/aromatic N) is 3. The second-order valence-corrected chi connectivity index (χ2v) is 8.70. The molecule has 3 aromatic rings. The van der Waals surface area contributed by atoms with Crippen LogP contribution in [0.3, 0.4) is 0 Å². The van der Waals surface area contributed by atoms with Gasteiger partial charge < -0.3 is 9.84 Å². The van der Waals surface area contributed by atoms with E-state index in [-0.39, 0.29) is 18.1 Å². The lowest BCUT2D eigenvalue weighted by atomic mass is 10.2. The zero-order valence-electron chi connectivity index (χ0n) is 15.0. The lowest BCUT2D eigenvalue weighted by Gasteiger charge is -2.28. The van der Waals surface area contributed by atoms with Crippen LogP contribution in [-0.2, 0) is 21.4 Å². The van der Waals surface area contributed by atoms with Gasteiger partial charge in [0, 0.05) is 0 Å². The van der Waals surface area contributed by atoms with Crippen LogP contribution in [0.15, 0.2) is 46.3 Å². The lowest BCUT2D eigenvalue weighted by Crippen LogP contribution is -2.48. The Balaban J connectivity index is 1.73. The number of nitrogens with one attached hydrogen (secondary N) is 1. The van der Waals surface area contributed by atoms with E-state index in [0.29, 0.717) is 5.82 Å². The second-order valence-electron chi connectivity index (χ2n) is 5.89. The number of thiophene rings is 1. The van der Waals surface area contributed by atoms with Crippen LogP contribution in [0, 0.1) is 5.82 Å². The molecule has 0 aliphatic carbocycles. The number of hydrogen-bond acceptors (Lipinski definition) is 7. The van der Waals surface area contributed by atoms with E-state index in [9.17, 15) is 17.6 Å². The molecule has 3 rings (SSSR count). The molecule has 148 valence electrons. The van der Waals surface area contributed by atoms with E-state index in [1.54, 1.807) is 0 Å². The third-order valence-corrected chi connectivity index (χ3v) is 5.90. The van der Waals surface area contributed by atoms with Crippen LogP contribution in [-0.4, -0.2) is 36.8 Å². The van der Waals surface area contributed by atoms with Crippen molar-refractivity contribution in [2.75, 3.05) is 10.6 Å². The van der Waals surface area contributed by atoms with Crippen molar-refractivity contribution < 1.29 is 22.1 Å². The molecule has 0 spiro atoms. The quantitative estimate of drug-likeness (QED) is 0.624. The molecule has 1 atom stereocenters. The van der Waals surface area contributed by atoms with Gasteiger partial charge >= 0.3 is 0 Å². The highest BCUT2D eigenvalue weighted by Crippen LogP contribution is 2.24. The van der Waals surface area contributed by atoms with Crippen LogP contribution >= 0.6 is 11.3 Å². The van der Waals surface area contributed by atoms with E-state index in [1.807, 2.05) is 17.5 Å². The van der Waals surface area contributed by atoms with Gasteiger partial charge in [0.2, 0.25) is 27.6 Å². The molecule has 8 nitrogen and oxygen atoms in total. The summed E-state index contributed by atoms with van der Waals surface area (Å²) in [4.78, 5) is 17.5. The molecule has 0 fully saturated rings. The van der Waals surface area contributed by atoms with Crippen molar-refractivity contribution in [1.82, 2.24) is 15.5 Å². The molecule has 0 saturated carbocycles. The highest BCUT2D eigenvalue weighted by molar-refractivity contribution is 7.92. The number of para-hydroxylation sites is 1. The first kappa shape index (κ1) is 20.0. The lowest BCUT2D eigenvalue weighted by molar-refractivity contribution is -0.122. The molecule has 1 aromatic carbocycles. The standard InChI is InChI=1S/C17H17FN4O4S2/c1-11(22(28(2,24)25)13-7-4-3-6-12(13)18)17(23)19-10-15-20-16(21-26-15)14-8-5-9-27-14/h3-9,11H,10H2,1-2H3,(H,19,23)/t11-/m0/s1. The average Bonchev–Trinajstić information content (AvgIpc) is 3.31. The van der Waals surface area contributed by atoms with Crippen molar-refractivity contribution in [3.8, 4) is 10.7 Å². The van der Waals surface area contributed by atoms with Gasteiger partial charge in [-0.15, -0.1) is 11.3 Å². The van der Waals surface area contributed by atoms with E-state index >= 15 is 0 Å². The molecule has 0 unspecified atom stereocenters. The van der Waals surface area contributed by atoms with Gasteiger partial charge in [0.25, 0.3) is 0 Å². The summed E-state index contributed by atoms with van der Waals surface area (Å²) in [6, 6.07) is 7.84. The number of hydrogen-bond donors (Lipinski definition) is 1. The molecule has 1 N–H and O–H groups in total. The Morgan fingerprint density at radius 2 is 2.07 bits per heavy atom. The Bertz CT molecular complexity index is 1070. The van der Waals surface area contributed by atoms with E-state index in [1.165, 1.54) is 36.5 Å². The van der Waals surface area contributed by atoms with Gasteiger partial charge in [-0.3, -0.25) is 9.10 Å². The van der Waals surface area contributed by atoms with Crippen molar-refractivity contribution in [2.24, 2.45) is 0 Å². The molecule has 0 radical (unpaired) electrons. The molecular weight excluding hydrogens is 407 g/mol. The van der Waals surface area contributed by atoms with E-state index in [0.717, 1.165) is 21.5 Å². The van der Waals surface area contributed by atoms with E-state index in [4.69, 9.17) is 4.52 Å². The number of aromatic nitrogens is 2. The van der Waals surface area contributed by atoms with Gasteiger partial charge in [0.1, 0.15) is 11.9 Å². The summed E-state index contributed by atoms with van der Waals surface area (Å²) in [5, 5.41) is 8.24. The normalized spacial score (nSPS) is 12.5. The number of halogens is 1. The Labute approximate surface area is 165 Å². The minimum atomic E-state index is -3.91. The largest absolute Gasteiger partial charge is 0.345 e. The van der Waals surface area contributed by atoms with Crippen molar-refractivity contribution in [1.29, 1.82) is 0 Å². The summed E-state index contributed by atoms with van der Waals surface area (Å²) in [5.41, 5.74) is -0.203. The summed E-state index contributed by atoms with van der Waals surface area (Å²) < 4.78 is 44.3. The van der Waals surface area contributed by atoms with Gasteiger partial charge in [-0.2, -0.15) is 4.98 Å².